The fourth-order valence-corrected chi connectivity index (χ4v) is 3.09. The number of imide groups is 1. The summed E-state index contributed by atoms with van der Waals surface area (Å²) >= 11 is 0. The Morgan fingerprint density at radius 1 is 1.35 bits per heavy atom. The standard InChI is InChI=1S/C12H14N2O5S/c1-19-8-3-2-4-9(7-8)20(17,18)14-10-5-6-11(15)13-12(10)16/h2-4,7,10,14H,5-6H2,1H3,(H,13,15,16). The van der Waals surface area contributed by atoms with Gasteiger partial charge in [-0.1, -0.05) is 6.07 Å². The van der Waals surface area contributed by atoms with Gasteiger partial charge in [0.05, 0.1) is 12.0 Å². The van der Waals surface area contributed by atoms with E-state index in [0.717, 1.165) is 0 Å². The van der Waals surface area contributed by atoms with Crippen LogP contribution in [0.3, 0.4) is 0 Å². The van der Waals surface area contributed by atoms with E-state index < -0.39 is 27.9 Å². The first kappa shape index (κ1) is 14.5. The first-order chi connectivity index (χ1) is 9.42. The van der Waals surface area contributed by atoms with E-state index in [1.54, 1.807) is 6.07 Å². The predicted molar refractivity (Wildman–Crippen MR) is 69.5 cm³/mol. The van der Waals surface area contributed by atoms with Crippen LogP contribution in [0.2, 0.25) is 0 Å². The lowest BCUT2D eigenvalue weighted by Gasteiger charge is -2.21. The van der Waals surface area contributed by atoms with Crippen molar-refractivity contribution in [1.29, 1.82) is 0 Å². The molecule has 108 valence electrons. The van der Waals surface area contributed by atoms with Crippen LogP contribution in [0.1, 0.15) is 12.8 Å². The maximum Gasteiger partial charge on any atom is 0.244 e. The zero-order valence-corrected chi connectivity index (χ0v) is 11.6. The molecular formula is C12H14N2O5S. The zero-order chi connectivity index (χ0) is 14.8. The molecule has 1 aromatic rings. The summed E-state index contributed by atoms with van der Waals surface area (Å²) in [7, 11) is -2.42. The minimum Gasteiger partial charge on any atom is -0.497 e. The van der Waals surface area contributed by atoms with Gasteiger partial charge in [-0.3, -0.25) is 14.9 Å². The number of amides is 2. The minimum absolute atomic E-state index is 0.00144. The highest BCUT2D eigenvalue weighted by Crippen LogP contribution is 2.18. The molecule has 0 saturated carbocycles. The number of rotatable bonds is 4. The van der Waals surface area contributed by atoms with E-state index in [1.807, 2.05) is 0 Å². The number of methoxy groups -OCH3 is 1. The van der Waals surface area contributed by atoms with E-state index in [-0.39, 0.29) is 17.7 Å². The summed E-state index contributed by atoms with van der Waals surface area (Å²) in [5.74, 6) is -0.629. The van der Waals surface area contributed by atoms with Crippen molar-refractivity contribution in [1.82, 2.24) is 10.0 Å². The molecule has 1 aliphatic heterocycles. The average molecular weight is 298 g/mol. The number of nitrogens with one attached hydrogen (secondary N) is 2. The maximum atomic E-state index is 12.2. The van der Waals surface area contributed by atoms with Crippen molar-refractivity contribution in [3.05, 3.63) is 24.3 Å². The molecule has 1 aromatic carbocycles. The summed E-state index contributed by atoms with van der Waals surface area (Å²) in [6.45, 7) is 0. The molecule has 0 radical (unpaired) electrons. The highest BCUT2D eigenvalue weighted by atomic mass is 32.2. The number of hydrogen-bond donors (Lipinski definition) is 2. The molecule has 2 rings (SSSR count). The Kier molecular flexibility index (Phi) is 4.05. The second-order valence-electron chi connectivity index (χ2n) is 4.30. The van der Waals surface area contributed by atoms with Crippen LogP contribution < -0.4 is 14.8 Å². The Bertz CT molecular complexity index is 641. The average Bonchev–Trinajstić information content (AvgIpc) is 2.42. The Morgan fingerprint density at radius 3 is 2.75 bits per heavy atom. The van der Waals surface area contributed by atoms with E-state index in [9.17, 15) is 18.0 Å². The molecule has 2 amide bonds. The van der Waals surface area contributed by atoms with Crippen molar-refractivity contribution in [2.45, 2.75) is 23.8 Å². The Hall–Kier alpha value is -1.93. The second kappa shape index (κ2) is 5.59. The number of ether oxygens (including phenoxy) is 1. The number of sulfonamides is 1. The summed E-state index contributed by atoms with van der Waals surface area (Å²) in [6.07, 6.45) is 0.255. The molecule has 8 heteroatoms. The summed E-state index contributed by atoms with van der Waals surface area (Å²) < 4.78 is 31.6. The quantitative estimate of drug-likeness (QED) is 0.748. The van der Waals surface area contributed by atoms with Crippen LogP contribution in [-0.4, -0.2) is 33.4 Å². The fourth-order valence-electron chi connectivity index (χ4n) is 1.83. The van der Waals surface area contributed by atoms with E-state index in [2.05, 4.69) is 10.0 Å². The van der Waals surface area contributed by atoms with Crippen molar-refractivity contribution < 1.29 is 22.7 Å². The number of carbonyl (C=O) groups excluding carboxylic acids is 2. The van der Waals surface area contributed by atoms with E-state index in [0.29, 0.717) is 5.75 Å². The SMILES string of the molecule is COc1cccc(S(=O)(=O)NC2CCC(=O)NC2=O)c1. The molecule has 1 atom stereocenters. The predicted octanol–water partition coefficient (Wildman–Crippen LogP) is -0.221. The number of piperidine rings is 1. The molecule has 20 heavy (non-hydrogen) atoms. The lowest BCUT2D eigenvalue weighted by molar-refractivity contribution is -0.134. The summed E-state index contributed by atoms with van der Waals surface area (Å²) in [6, 6.07) is 4.97. The monoisotopic (exact) mass is 298 g/mol. The van der Waals surface area contributed by atoms with E-state index in [1.165, 1.54) is 25.3 Å². The molecular weight excluding hydrogens is 284 g/mol. The Morgan fingerprint density at radius 2 is 2.10 bits per heavy atom. The minimum atomic E-state index is -3.85. The topological polar surface area (TPSA) is 102 Å². The van der Waals surface area contributed by atoms with Gasteiger partial charge in [0.25, 0.3) is 0 Å². The number of benzene rings is 1. The van der Waals surface area contributed by atoms with E-state index in [4.69, 9.17) is 4.74 Å². The van der Waals surface area contributed by atoms with Crippen LogP contribution >= 0.6 is 0 Å². The van der Waals surface area contributed by atoms with Crippen molar-refractivity contribution in [3.8, 4) is 5.75 Å². The third-order valence-electron chi connectivity index (χ3n) is 2.89. The molecule has 0 aromatic heterocycles. The van der Waals surface area contributed by atoms with Crippen LogP contribution in [0.5, 0.6) is 5.75 Å². The van der Waals surface area contributed by atoms with Crippen LogP contribution in [0.4, 0.5) is 0 Å². The molecule has 1 aliphatic rings. The molecule has 7 nitrogen and oxygen atoms in total. The molecule has 0 aliphatic carbocycles. The largest absolute Gasteiger partial charge is 0.497 e. The zero-order valence-electron chi connectivity index (χ0n) is 10.8. The van der Waals surface area contributed by atoms with Gasteiger partial charge in [-0.2, -0.15) is 4.72 Å². The van der Waals surface area contributed by atoms with Gasteiger partial charge in [0, 0.05) is 12.5 Å². The Balaban J connectivity index is 2.18. The highest BCUT2D eigenvalue weighted by Gasteiger charge is 2.30. The molecule has 1 fully saturated rings. The van der Waals surface area contributed by atoms with Crippen LogP contribution in [-0.2, 0) is 19.6 Å². The first-order valence-electron chi connectivity index (χ1n) is 5.92. The molecule has 2 N–H and O–H groups in total. The maximum absolute atomic E-state index is 12.2. The molecule has 1 unspecified atom stereocenters. The summed E-state index contributed by atoms with van der Waals surface area (Å²) in [5, 5.41) is 2.10. The molecule has 1 heterocycles. The first-order valence-corrected chi connectivity index (χ1v) is 7.41. The fraction of sp³-hybridized carbons (Fsp3) is 0.333. The van der Waals surface area contributed by atoms with Gasteiger partial charge in [0.2, 0.25) is 21.8 Å². The summed E-state index contributed by atoms with van der Waals surface area (Å²) in [5.41, 5.74) is 0. The van der Waals surface area contributed by atoms with Gasteiger partial charge in [0.1, 0.15) is 11.8 Å². The van der Waals surface area contributed by atoms with Crippen molar-refractivity contribution >= 4 is 21.8 Å². The van der Waals surface area contributed by atoms with Gasteiger partial charge in [-0.15, -0.1) is 0 Å². The van der Waals surface area contributed by atoms with Crippen molar-refractivity contribution in [3.63, 3.8) is 0 Å². The Labute approximate surface area is 116 Å². The normalized spacial score (nSPS) is 19.6. The lowest BCUT2D eigenvalue weighted by atomic mass is 10.1. The smallest absolute Gasteiger partial charge is 0.244 e. The molecule has 1 saturated heterocycles. The third kappa shape index (κ3) is 3.14. The van der Waals surface area contributed by atoms with Crippen molar-refractivity contribution in [2.75, 3.05) is 7.11 Å². The molecule has 0 spiro atoms. The van der Waals surface area contributed by atoms with Crippen LogP contribution in [0.15, 0.2) is 29.2 Å². The third-order valence-corrected chi connectivity index (χ3v) is 4.36. The molecule has 0 bridgehead atoms. The van der Waals surface area contributed by atoms with Crippen molar-refractivity contribution in [2.24, 2.45) is 0 Å². The van der Waals surface area contributed by atoms with Crippen LogP contribution in [0, 0.1) is 0 Å². The van der Waals surface area contributed by atoms with Gasteiger partial charge in [-0.25, -0.2) is 8.42 Å². The van der Waals surface area contributed by atoms with Gasteiger partial charge >= 0.3 is 0 Å². The lowest BCUT2D eigenvalue weighted by Crippen LogP contribution is -2.52. The summed E-state index contributed by atoms with van der Waals surface area (Å²) in [4.78, 5) is 22.6. The van der Waals surface area contributed by atoms with Gasteiger partial charge in [0.15, 0.2) is 0 Å². The van der Waals surface area contributed by atoms with Gasteiger partial charge in [-0.05, 0) is 18.6 Å². The second-order valence-corrected chi connectivity index (χ2v) is 6.02. The highest BCUT2D eigenvalue weighted by molar-refractivity contribution is 7.89. The number of hydrogen-bond acceptors (Lipinski definition) is 5. The van der Waals surface area contributed by atoms with Gasteiger partial charge < -0.3 is 4.74 Å². The number of carbonyl (C=O) groups is 2. The van der Waals surface area contributed by atoms with Crippen LogP contribution in [0.25, 0.3) is 0 Å². The van der Waals surface area contributed by atoms with E-state index >= 15 is 0 Å².